The summed E-state index contributed by atoms with van der Waals surface area (Å²) in [5.74, 6) is 1.53. The molecule has 1 unspecified atom stereocenters. The molecule has 0 radical (unpaired) electrons. The third-order valence-electron chi connectivity index (χ3n) is 4.74. The second-order valence-electron chi connectivity index (χ2n) is 8.69. The normalized spacial score (nSPS) is 16.6. The number of para-hydroxylation sites is 1. The van der Waals surface area contributed by atoms with Gasteiger partial charge in [0.25, 0.3) is 0 Å². The highest BCUT2D eigenvalue weighted by atomic mass is 127. The van der Waals surface area contributed by atoms with Gasteiger partial charge in [-0.15, -0.1) is 0 Å². The minimum atomic E-state index is -0.856. The van der Waals surface area contributed by atoms with Gasteiger partial charge in [-0.1, -0.05) is 18.2 Å². The van der Waals surface area contributed by atoms with Crippen LogP contribution in [0.25, 0.3) is 0 Å². The van der Waals surface area contributed by atoms with Crippen molar-refractivity contribution >= 4 is 28.7 Å². The number of carbonyl (C=O) groups excluding carboxylic acids is 1. The van der Waals surface area contributed by atoms with Crippen LogP contribution in [0.2, 0.25) is 0 Å². The minimum absolute atomic E-state index is 0.0795. The van der Waals surface area contributed by atoms with Crippen molar-refractivity contribution in [3.8, 4) is 11.5 Å². The highest BCUT2D eigenvalue weighted by Gasteiger charge is 2.29. The van der Waals surface area contributed by atoms with Crippen LogP contribution in [-0.4, -0.2) is 53.6 Å². The molecular weight excluding hydrogens is 509 g/mol. The average Bonchev–Trinajstić information content (AvgIpc) is 2.71. The monoisotopic (exact) mass is 539 g/mol. The first-order chi connectivity index (χ1) is 14.7. The molecule has 1 aliphatic rings. The number of amides is 1. The van der Waals surface area contributed by atoms with Crippen molar-refractivity contribution in [2.45, 2.75) is 51.4 Å². The summed E-state index contributed by atoms with van der Waals surface area (Å²) >= 11 is 2.29. The third-order valence-corrected chi connectivity index (χ3v) is 5.42. The predicted molar refractivity (Wildman–Crippen MR) is 128 cm³/mol. The number of fused-ring (bicyclic) bond motifs is 1. The van der Waals surface area contributed by atoms with Crippen LogP contribution >= 0.6 is 22.6 Å². The smallest absolute Gasteiger partial charge is 0.410 e. The van der Waals surface area contributed by atoms with Gasteiger partial charge in [-0.3, -0.25) is 0 Å². The molecule has 0 saturated carbocycles. The van der Waals surface area contributed by atoms with E-state index in [2.05, 4.69) is 28.7 Å². The van der Waals surface area contributed by atoms with E-state index in [1.54, 1.807) is 0 Å². The van der Waals surface area contributed by atoms with Crippen LogP contribution < -0.4 is 9.47 Å². The van der Waals surface area contributed by atoms with Gasteiger partial charge in [0.1, 0.15) is 35.9 Å². The second kappa shape index (κ2) is 10.5. The molecule has 2 aromatic rings. The zero-order valence-corrected chi connectivity index (χ0v) is 20.4. The first-order valence-electron chi connectivity index (χ1n) is 10.5. The lowest BCUT2D eigenvalue weighted by Crippen LogP contribution is -2.47. The molecule has 7 heteroatoms. The summed E-state index contributed by atoms with van der Waals surface area (Å²) in [5, 5.41) is 10.5. The maximum atomic E-state index is 12.8. The summed E-state index contributed by atoms with van der Waals surface area (Å²) in [6, 6.07) is 15.4. The molecule has 0 aromatic heterocycles. The summed E-state index contributed by atoms with van der Waals surface area (Å²) in [6.45, 7) is 5.99. The highest BCUT2D eigenvalue weighted by molar-refractivity contribution is 14.1. The Morgan fingerprint density at radius 3 is 2.71 bits per heavy atom. The minimum Gasteiger partial charge on any atom is -0.491 e. The van der Waals surface area contributed by atoms with Gasteiger partial charge >= 0.3 is 6.09 Å². The lowest BCUT2D eigenvalue weighted by Gasteiger charge is -2.33. The van der Waals surface area contributed by atoms with Crippen LogP contribution in [0.3, 0.4) is 0 Å². The van der Waals surface area contributed by atoms with Crippen LogP contribution in [0.1, 0.15) is 32.8 Å². The Morgan fingerprint density at radius 2 is 2.00 bits per heavy atom. The summed E-state index contributed by atoms with van der Waals surface area (Å²) in [6.07, 6.45) is 0.192. The topological polar surface area (TPSA) is 68.2 Å². The number of aliphatic hydroxyl groups excluding tert-OH is 1. The van der Waals surface area contributed by atoms with E-state index in [9.17, 15) is 9.90 Å². The summed E-state index contributed by atoms with van der Waals surface area (Å²) in [4.78, 5) is 14.3. The van der Waals surface area contributed by atoms with E-state index in [-0.39, 0.29) is 19.3 Å². The molecule has 1 aliphatic heterocycles. The van der Waals surface area contributed by atoms with Gasteiger partial charge in [-0.2, -0.15) is 0 Å². The number of rotatable bonds is 7. The van der Waals surface area contributed by atoms with E-state index in [1.165, 1.54) is 14.0 Å². The molecule has 2 atom stereocenters. The Kier molecular flexibility index (Phi) is 8.05. The van der Waals surface area contributed by atoms with E-state index >= 15 is 0 Å². The van der Waals surface area contributed by atoms with Gasteiger partial charge in [-0.05, 0) is 92.1 Å². The van der Waals surface area contributed by atoms with Crippen molar-refractivity contribution in [3.63, 3.8) is 0 Å². The maximum absolute atomic E-state index is 12.8. The van der Waals surface area contributed by atoms with Crippen molar-refractivity contribution in [1.82, 2.24) is 4.90 Å². The van der Waals surface area contributed by atoms with Crippen molar-refractivity contribution < 1.29 is 24.1 Å². The van der Waals surface area contributed by atoms with Gasteiger partial charge in [0.05, 0.1) is 13.1 Å². The quantitative estimate of drug-likeness (QED) is 0.519. The number of carbonyl (C=O) groups is 1. The first kappa shape index (κ1) is 23.7. The molecule has 0 saturated heterocycles. The Balaban J connectivity index is 1.63. The Morgan fingerprint density at radius 1 is 1.26 bits per heavy atom. The summed E-state index contributed by atoms with van der Waals surface area (Å²) < 4.78 is 18.5. The molecule has 0 fully saturated rings. The zero-order chi connectivity index (χ0) is 22.4. The highest BCUT2D eigenvalue weighted by Crippen LogP contribution is 2.29. The Hall–Kier alpha value is -2.00. The fourth-order valence-corrected chi connectivity index (χ4v) is 3.91. The van der Waals surface area contributed by atoms with E-state index < -0.39 is 17.8 Å². The molecule has 0 spiro atoms. The van der Waals surface area contributed by atoms with E-state index in [1.807, 2.05) is 63.2 Å². The maximum Gasteiger partial charge on any atom is 0.410 e. The fraction of sp³-hybridized carbons (Fsp3) is 0.458. The SMILES string of the molecule is CC(C)(C)OC(=O)N(CC(O)COc1ccccc1)C[C@H]1CCc2cc(I)ccc2O1. The number of hydrogen-bond acceptors (Lipinski definition) is 5. The van der Waals surface area contributed by atoms with Gasteiger partial charge < -0.3 is 24.2 Å². The van der Waals surface area contributed by atoms with E-state index in [0.29, 0.717) is 12.3 Å². The van der Waals surface area contributed by atoms with Gasteiger partial charge in [0, 0.05) is 3.57 Å². The average molecular weight is 539 g/mol. The van der Waals surface area contributed by atoms with Gasteiger partial charge in [0.2, 0.25) is 0 Å². The number of ether oxygens (including phenoxy) is 3. The zero-order valence-electron chi connectivity index (χ0n) is 18.2. The summed E-state index contributed by atoms with van der Waals surface area (Å²) in [7, 11) is 0. The number of nitrogens with zero attached hydrogens (tertiary/aromatic N) is 1. The number of aliphatic hydroxyl groups is 1. The molecule has 168 valence electrons. The number of halogens is 1. The predicted octanol–water partition coefficient (Wildman–Crippen LogP) is 4.66. The molecule has 0 bridgehead atoms. The van der Waals surface area contributed by atoms with Crippen LogP contribution in [0.4, 0.5) is 4.79 Å². The van der Waals surface area contributed by atoms with E-state index in [0.717, 1.165) is 18.6 Å². The molecule has 3 rings (SSSR count). The Labute approximate surface area is 197 Å². The van der Waals surface area contributed by atoms with Crippen LogP contribution in [0.5, 0.6) is 11.5 Å². The van der Waals surface area contributed by atoms with Crippen molar-refractivity contribution in [2.24, 2.45) is 0 Å². The lowest BCUT2D eigenvalue weighted by molar-refractivity contribution is -0.00136. The van der Waals surface area contributed by atoms with E-state index in [4.69, 9.17) is 14.2 Å². The van der Waals surface area contributed by atoms with Crippen LogP contribution in [0, 0.1) is 3.57 Å². The molecule has 0 aliphatic carbocycles. The molecule has 31 heavy (non-hydrogen) atoms. The van der Waals surface area contributed by atoms with Crippen molar-refractivity contribution in [3.05, 3.63) is 57.7 Å². The number of hydrogen-bond donors (Lipinski definition) is 1. The molecular formula is C24H30INO5. The van der Waals surface area contributed by atoms with Gasteiger partial charge in [0.15, 0.2) is 0 Å². The number of aryl methyl sites for hydroxylation is 1. The second-order valence-corrected chi connectivity index (χ2v) is 9.94. The van der Waals surface area contributed by atoms with Gasteiger partial charge in [-0.25, -0.2) is 4.79 Å². The molecule has 1 amide bonds. The molecule has 2 aromatic carbocycles. The Bertz CT molecular complexity index is 868. The molecule has 1 heterocycles. The third kappa shape index (κ3) is 7.57. The van der Waals surface area contributed by atoms with Crippen molar-refractivity contribution in [1.29, 1.82) is 0 Å². The summed E-state index contributed by atoms with van der Waals surface area (Å²) in [5.41, 5.74) is 0.556. The standard InChI is InChI=1S/C24H30INO5/c1-24(2,3)31-23(28)26(14-19(27)16-29-20-7-5-4-6-8-20)15-21-11-9-17-13-18(25)10-12-22(17)30-21/h4-8,10,12-13,19,21,27H,9,11,14-16H2,1-3H3/t19?,21-/m1/s1. The van der Waals surface area contributed by atoms with Crippen LogP contribution in [0.15, 0.2) is 48.5 Å². The van der Waals surface area contributed by atoms with Crippen LogP contribution in [-0.2, 0) is 11.2 Å². The molecule has 6 nitrogen and oxygen atoms in total. The lowest BCUT2D eigenvalue weighted by atomic mass is 10.0. The fourth-order valence-electron chi connectivity index (χ4n) is 3.35. The van der Waals surface area contributed by atoms with Crippen molar-refractivity contribution in [2.75, 3.05) is 19.7 Å². The largest absolute Gasteiger partial charge is 0.491 e. The first-order valence-corrected chi connectivity index (χ1v) is 11.6. The molecule has 1 N–H and O–H groups in total. The number of benzene rings is 2.